The Hall–Kier alpha value is -3.42. The van der Waals surface area contributed by atoms with Gasteiger partial charge in [-0.2, -0.15) is 0 Å². The van der Waals surface area contributed by atoms with Crippen LogP contribution in [0, 0.1) is 10.1 Å². The third-order valence-electron chi connectivity index (χ3n) is 5.74. The molecule has 0 aliphatic carbocycles. The first kappa shape index (κ1) is 23.2. The number of nitro benzene ring substituents is 1. The van der Waals surface area contributed by atoms with Crippen molar-refractivity contribution in [3.8, 4) is 0 Å². The first-order valence-corrected chi connectivity index (χ1v) is 10.8. The lowest BCUT2D eigenvalue weighted by molar-refractivity contribution is -0.384. The number of anilines is 1. The van der Waals surface area contributed by atoms with Crippen LogP contribution >= 0.6 is 0 Å². The number of piperazine rings is 1. The number of carbonyl (C=O) groups is 2. The van der Waals surface area contributed by atoms with Gasteiger partial charge in [-0.1, -0.05) is 45.0 Å². The second-order valence-electron chi connectivity index (χ2n) is 9.08. The van der Waals surface area contributed by atoms with Gasteiger partial charge in [0, 0.05) is 37.8 Å². The molecule has 8 nitrogen and oxygen atoms in total. The standard InChI is InChI=1S/C24H30N4O4/c1-17(25-22(29)18-9-11-19(12-10-18)24(2,3)4)23(30)27-15-13-26(14-16-27)20-7-5-6-8-21(20)28(31)32/h5-12,17H,13-16H2,1-4H3,(H,25,29). The van der Waals surface area contributed by atoms with E-state index in [4.69, 9.17) is 0 Å². The summed E-state index contributed by atoms with van der Waals surface area (Å²) in [7, 11) is 0. The highest BCUT2D eigenvalue weighted by molar-refractivity contribution is 5.97. The molecule has 32 heavy (non-hydrogen) atoms. The highest BCUT2D eigenvalue weighted by Crippen LogP contribution is 2.28. The molecule has 0 spiro atoms. The summed E-state index contributed by atoms with van der Waals surface area (Å²) in [4.78, 5) is 40.0. The summed E-state index contributed by atoms with van der Waals surface area (Å²) in [6, 6.07) is 13.4. The first-order valence-electron chi connectivity index (χ1n) is 10.8. The van der Waals surface area contributed by atoms with Crippen LogP contribution in [0.1, 0.15) is 43.6 Å². The van der Waals surface area contributed by atoms with Crippen LogP contribution in [0.25, 0.3) is 0 Å². The van der Waals surface area contributed by atoms with Gasteiger partial charge in [0.2, 0.25) is 5.91 Å². The number of rotatable bonds is 5. The zero-order chi connectivity index (χ0) is 23.5. The third-order valence-corrected chi connectivity index (χ3v) is 5.74. The van der Waals surface area contributed by atoms with Gasteiger partial charge in [-0.3, -0.25) is 19.7 Å². The number of benzene rings is 2. The Morgan fingerprint density at radius 1 is 1.00 bits per heavy atom. The Bertz CT molecular complexity index is 990. The van der Waals surface area contributed by atoms with Crippen LogP contribution in [0.2, 0.25) is 0 Å². The highest BCUT2D eigenvalue weighted by Gasteiger charge is 2.28. The van der Waals surface area contributed by atoms with Crippen LogP contribution in [0.5, 0.6) is 0 Å². The number of hydrogen-bond donors (Lipinski definition) is 1. The van der Waals surface area contributed by atoms with Crippen molar-refractivity contribution >= 4 is 23.2 Å². The molecule has 1 aliphatic heterocycles. The smallest absolute Gasteiger partial charge is 0.292 e. The van der Waals surface area contributed by atoms with Gasteiger partial charge in [0.15, 0.2) is 0 Å². The molecule has 1 heterocycles. The van der Waals surface area contributed by atoms with Crippen molar-refractivity contribution in [3.05, 3.63) is 69.8 Å². The van der Waals surface area contributed by atoms with E-state index >= 15 is 0 Å². The lowest BCUT2D eigenvalue weighted by atomic mass is 9.86. The van der Waals surface area contributed by atoms with E-state index < -0.39 is 11.0 Å². The van der Waals surface area contributed by atoms with Gasteiger partial charge in [0.05, 0.1) is 4.92 Å². The van der Waals surface area contributed by atoms with Crippen LogP contribution in [0.15, 0.2) is 48.5 Å². The van der Waals surface area contributed by atoms with Crippen LogP contribution < -0.4 is 10.2 Å². The summed E-state index contributed by atoms with van der Waals surface area (Å²) in [5, 5.41) is 14.1. The molecule has 1 fully saturated rings. The van der Waals surface area contributed by atoms with Crippen LogP contribution in [0.3, 0.4) is 0 Å². The molecule has 3 rings (SSSR count). The molecule has 0 bridgehead atoms. The average Bonchev–Trinajstić information content (AvgIpc) is 2.78. The van der Waals surface area contributed by atoms with Gasteiger partial charge in [-0.15, -0.1) is 0 Å². The van der Waals surface area contributed by atoms with E-state index in [1.165, 1.54) is 6.07 Å². The van der Waals surface area contributed by atoms with Gasteiger partial charge < -0.3 is 15.1 Å². The summed E-state index contributed by atoms with van der Waals surface area (Å²) in [6.07, 6.45) is 0. The van der Waals surface area contributed by atoms with Crippen molar-refractivity contribution in [3.63, 3.8) is 0 Å². The summed E-state index contributed by atoms with van der Waals surface area (Å²) in [5.41, 5.74) is 2.27. The molecule has 2 amide bonds. The second kappa shape index (κ2) is 9.38. The highest BCUT2D eigenvalue weighted by atomic mass is 16.6. The molecule has 2 aromatic rings. The number of nitrogens with one attached hydrogen (secondary N) is 1. The molecule has 0 saturated carbocycles. The summed E-state index contributed by atoms with van der Waals surface area (Å²) < 4.78 is 0. The zero-order valence-electron chi connectivity index (χ0n) is 19.0. The minimum atomic E-state index is -0.664. The van der Waals surface area contributed by atoms with Gasteiger partial charge >= 0.3 is 0 Å². The Kier molecular flexibility index (Phi) is 6.81. The minimum absolute atomic E-state index is 0.000583. The second-order valence-corrected chi connectivity index (χ2v) is 9.08. The minimum Gasteiger partial charge on any atom is -0.362 e. The molecule has 2 aromatic carbocycles. The summed E-state index contributed by atoms with van der Waals surface area (Å²) in [6.45, 7) is 9.86. The normalized spacial score (nSPS) is 15.2. The third kappa shape index (κ3) is 5.25. The molecule has 170 valence electrons. The molecular formula is C24H30N4O4. The molecule has 1 saturated heterocycles. The first-order chi connectivity index (χ1) is 15.1. The van der Waals surface area contributed by atoms with E-state index in [1.807, 2.05) is 17.0 Å². The molecule has 8 heteroatoms. The molecule has 1 atom stereocenters. The van der Waals surface area contributed by atoms with E-state index in [0.29, 0.717) is 37.4 Å². The van der Waals surface area contributed by atoms with E-state index in [0.717, 1.165) is 5.56 Å². The van der Waals surface area contributed by atoms with Crippen molar-refractivity contribution in [1.82, 2.24) is 10.2 Å². The van der Waals surface area contributed by atoms with Crippen molar-refractivity contribution in [2.75, 3.05) is 31.1 Å². The van der Waals surface area contributed by atoms with Crippen molar-refractivity contribution in [2.45, 2.75) is 39.2 Å². The molecule has 0 radical (unpaired) electrons. The van der Waals surface area contributed by atoms with Crippen molar-refractivity contribution in [1.29, 1.82) is 0 Å². The number of nitrogens with zero attached hydrogens (tertiary/aromatic N) is 3. The number of hydrogen-bond acceptors (Lipinski definition) is 5. The quantitative estimate of drug-likeness (QED) is 0.570. The largest absolute Gasteiger partial charge is 0.362 e. The Balaban J connectivity index is 1.57. The van der Waals surface area contributed by atoms with Crippen molar-refractivity contribution < 1.29 is 14.5 Å². The molecule has 0 aromatic heterocycles. The summed E-state index contributed by atoms with van der Waals surface area (Å²) >= 11 is 0. The maximum absolute atomic E-state index is 12.9. The molecule has 1 aliphatic rings. The van der Waals surface area contributed by atoms with Gasteiger partial charge in [0.25, 0.3) is 11.6 Å². The predicted octanol–water partition coefficient (Wildman–Crippen LogP) is 3.36. The number of amides is 2. The fraction of sp³-hybridized carbons (Fsp3) is 0.417. The van der Waals surface area contributed by atoms with Crippen molar-refractivity contribution in [2.24, 2.45) is 0 Å². The van der Waals surface area contributed by atoms with Crippen LogP contribution in [-0.2, 0) is 10.2 Å². The molecule has 1 unspecified atom stereocenters. The summed E-state index contributed by atoms with van der Waals surface area (Å²) in [5.74, 6) is -0.447. The molecule has 1 N–H and O–H groups in total. The lowest BCUT2D eigenvalue weighted by Crippen LogP contribution is -2.54. The van der Waals surface area contributed by atoms with E-state index in [1.54, 1.807) is 42.2 Å². The fourth-order valence-corrected chi connectivity index (χ4v) is 3.79. The van der Waals surface area contributed by atoms with Gasteiger partial charge in [-0.25, -0.2) is 0 Å². The lowest BCUT2D eigenvalue weighted by Gasteiger charge is -2.37. The van der Waals surface area contributed by atoms with Gasteiger partial charge in [0.1, 0.15) is 11.7 Å². The topological polar surface area (TPSA) is 95.8 Å². The van der Waals surface area contributed by atoms with Gasteiger partial charge in [-0.05, 0) is 36.1 Å². The van der Waals surface area contributed by atoms with Crippen LogP contribution in [0.4, 0.5) is 11.4 Å². The average molecular weight is 439 g/mol. The predicted molar refractivity (Wildman–Crippen MR) is 124 cm³/mol. The van der Waals surface area contributed by atoms with E-state index in [9.17, 15) is 19.7 Å². The fourth-order valence-electron chi connectivity index (χ4n) is 3.79. The zero-order valence-corrected chi connectivity index (χ0v) is 19.0. The van der Waals surface area contributed by atoms with E-state index in [2.05, 4.69) is 26.1 Å². The Morgan fingerprint density at radius 3 is 2.16 bits per heavy atom. The Labute approximate surface area is 188 Å². The number of nitro groups is 1. The molecular weight excluding hydrogens is 408 g/mol. The number of para-hydroxylation sites is 2. The Morgan fingerprint density at radius 2 is 1.59 bits per heavy atom. The maximum atomic E-state index is 12.9. The van der Waals surface area contributed by atoms with E-state index in [-0.39, 0.29) is 22.9 Å². The monoisotopic (exact) mass is 438 g/mol. The SMILES string of the molecule is CC(NC(=O)c1ccc(C(C)(C)C)cc1)C(=O)N1CCN(c2ccccc2[N+](=O)[O-])CC1. The van der Waals surface area contributed by atoms with Crippen LogP contribution in [-0.4, -0.2) is 53.9 Å². The number of carbonyl (C=O) groups excluding carboxylic acids is 2. The maximum Gasteiger partial charge on any atom is 0.292 e.